The van der Waals surface area contributed by atoms with E-state index in [-0.39, 0.29) is 6.10 Å². The highest BCUT2D eigenvalue weighted by atomic mass is 16.5. The standard InChI is InChI=1S/C12H16O3/c1-8(12(13)14)10-4-6-11(7-5-10)9(2)15-3/h4-9H,1-3H3,(H,13,14)/t8-,9-/m1/s1. The van der Waals surface area contributed by atoms with E-state index in [1.165, 1.54) is 0 Å². The van der Waals surface area contributed by atoms with Crippen LogP contribution in [0.4, 0.5) is 0 Å². The third-order valence-electron chi connectivity index (χ3n) is 2.63. The molecule has 0 amide bonds. The molecule has 15 heavy (non-hydrogen) atoms. The van der Waals surface area contributed by atoms with E-state index in [0.717, 1.165) is 11.1 Å². The van der Waals surface area contributed by atoms with Gasteiger partial charge in [0, 0.05) is 7.11 Å². The fourth-order valence-electron chi connectivity index (χ4n) is 1.33. The van der Waals surface area contributed by atoms with Crippen molar-refractivity contribution in [1.82, 2.24) is 0 Å². The smallest absolute Gasteiger partial charge is 0.310 e. The van der Waals surface area contributed by atoms with Crippen LogP contribution in [0.25, 0.3) is 0 Å². The number of rotatable bonds is 4. The molecule has 0 aliphatic heterocycles. The van der Waals surface area contributed by atoms with E-state index >= 15 is 0 Å². The summed E-state index contributed by atoms with van der Waals surface area (Å²) in [6.45, 7) is 3.63. The SMILES string of the molecule is CO[C@H](C)c1ccc([C@@H](C)C(=O)O)cc1. The van der Waals surface area contributed by atoms with Crippen LogP contribution in [0.1, 0.15) is 37.0 Å². The van der Waals surface area contributed by atoms with Crippen LogP contribution in [-0.2, 0) is 9.53 Å². The van der Waals surface area contributed by atoms with Crippen LogP contribution in [-0.4, -0.2) is 18.2 Å². The third-order valence-corrected chi connectivity index (χ3v) is 2.63. The zero-order valence-electron chi connectivity index (χ0n) is 9.23. The molecule has 2 atom stereocenters. The Labute approximate surface area is 89.7 Å². The van der Waals surface area contributed by atoms with Crippen molar-refractivity contribution in [2.24, 2.45) is 0 Å². The zero-order chi connectivity index (χ0) is 11.4. The van der Waals surface area contributed by atoms with Gasteiger partial charge in [-0.05, 0) is 25.0 Å². The van der Waals surface area contributed by atoms with Gasteiger partial charge in [0.2, 0.25) is 0 Å². The fourth-order valence-corrected chi connectivity index (χ4v) is 1.33. The monoisotopic (exact) mass is 208 g/mol. The molecule has 0 radical (unpaired) electrons. The van der Waals surface area contributed by atoms with Crippen molar-refractivity contribution in [2.45, 2.75) is 25.9 Å². The number of benzene rings is 1. The van der Waals surface area contributed by atoms with E-state index in [0.29, 0.717) is 0 Å². The summed E-state index contributed by atoms with van der Waals surface area (Å²) in [5.41, 5.74) is 1.87. The van der Waals surface area contributed by atoms with Gasteiger partial charge in [-0.15, -0.1) is 0 Å². The minimum atomic E-state index is -0.803. The first-order valence-electron chi connectivity index (χ1n) is 4.91. The number of carboxylic acids is 1. The Morgan fingerprint density at radius 3 is 2.07 bits per heavy atom. The molecule has 0 aliphatic carbocycles. The van der Waals surface area contributed by atoms with E-state index in [1.54, 1.807) is 14.0 Å². The second kappa shape index (κ2) is 4.94. The molecule has 0 aliphatic rings. The van der Waals surface area contributed by atoms with Crippen molar-refractivity contribution in [2.75, 3.05) is 7.11 Å². The number of methoxy groups -OCH3 is 1. The Balaban J connectivity index is 2.85. The number of aliphatic carboxylic acids is 1. The molecule has 0 aromatic heterocycles. The molecule has 1 rings (SSSR count). The molecule has 3 heteroatoms. The number of hydrogen-bond donors (Lipinski definition) is 1. The Morgan fingerprint density at radius 1 is 1.20 bits per heavy atom. The summed E-state index contributed by atoms with van der Waals surface area (Å²) in [6, 6.07) is 7.49. The maximum Gasteiger partial charge on any atom is 0.310 e. The summed E-state index contributed by atoms with van der Waals surface area (Å²) in [5.74, 6) is -1.26. The van der Waals surface area contributed by atoms with Crippen LogP contribution in [0.2, 0.25) is 0 Å². The summed E-state index contributed by atoms with van der Waals surface area (Å²) in [4.78, 5) is 10.8. The predicted molar refractivity (Wildman–Crippen MR) is 57.9 cm³/mol. The molecule has 0 unspecified atom stereocenters. The van der Waals surface area contributed by atoms with Crippen LogP contribution >= 0.6 is 0 Å². The quantitative estimate of drug-likeness (QED) is 0.827. The molecule has 82 valence electrons. The molecule has 0 spiro atoms. The van der Waals surface area contributed by atoms with Gasteiger partial charge < -0.3 is 9.84 Å². The van der Waals surface area contributed by atoms with Crippen molar-refractivity contribution in [3.05, 3.63) is 35.4 Å². The minimum absolute atomic E-state index is 0.0409. The van der Waals surface area contributed by atoms with Gasteiger partial charge in [0.05, 0.1) is 12.0 Å². The molecular formula is C12H16O3. The van der Waals surface area contributed by atoms with Crippen LogP contribution in [0.15, 0.2) is 24.3 Å². The lowest BCUT2D eigenvalue weighted by atomic mass is 9.99. The molecule has 0 heterocycles. The summed E-state index contributed by atoms with van der Waals surface area (Å²) in [5, 5.41) is 8.84. The molecular weight excluding hydrogens is 192 g/mol. The van der Waals surface area contributed by atoms with Gasteiger partial charge in [0.15, 0.2) is 0 Å². The number of carboxylic acid groups (broad SMARTS) is 1. The fraction of sp³-hybridized carbons (Fsp3) is 0.417. The molecule has 1 aromatic rings. The first kappa shape index (κ1) is 11.7. The Bertz CT molecular complexity index is 329. The van der Waals surface area contributed by atoms with Gasteiger partial charge in [-0.25, -0.2) is 0 Å². The van der Waals surface area contributed by atoms with E-state index in [2.05, 4.69) is 0 Å². The average Bonchev–Trinajstić information content (AvgIpc) is 2.27. The highest BCUT2D eigenvalue weighted by Gasteiger charge is 2.13. The van der Waals surface area contributed by atoms with Crippen molar-refractivity contribution in [3.8, 4) is 0 Å². The van der Waals surface area contributed by atoms with Crippen molar-refractivity contribution in [1.29, 1.82) is 0 Å². The number of ether oxygens (including phenoxy) is 1. The van der Waals surface area contributed by atoms with E-state index in [4.69, 9.17) is 9.84 Å². The van der Waals surface area contributed by atoms with Crippen molar-refractivity contribution < 1.29 is 14.6 Å². The van der Waals surface area contributed by atoms with Gasteiger partial charge >= 0.3 is 5.97 Å². The van der Waals surface area contributed by atoms with Crippen LogP contribution < -0.4 is 0 Å². The zero-order valence-corrected chi connectivity index (χ0v) is 9.23. The highest BCUT2D eigenvalue weighted by Crippen LogP contribution is 2.20. The van der Waals surface area contributed by atoms with Crippen molar-refractivity contribution in [3.63, 3.8) is 0 Å². The topological polar surface area (TPSA) is 46.5 Å². The summed E-state index contributed by atoms with van der Waals surface area (Å²) in [7, 11) is 1.65. The van der Waals surface area contributed by atoms with Gasteiger partial charge in [-0.3, -0.25) is 4.79 Å². The highest BCUT2D eigenvalue weighted by molar-refractivity contribution is 5.75. The number of hydrogen-bond acceptors (Lipinski definition) is 2. The summed E-state index contributed by atoms with van der Waals surface area (Å²) >= 11 is 0. The molecule has 3 nitrogen and oxygen atoms in total. The van der Waals surface area contributed by atoms with E-state index in [1.807, 2.05) is 31.2 Å². The Hall–Kier alpha value is -1.35. The van der Waals surface area contributed by atoms with Crippen LogP contribution in [0, 0.1) is 0 Å². The van der Waals surface area contributed by atoms with E-state index in [9.17, 15) is 4.79 Å². The van der Waals surface area contributed by atoms with Crippen LogP contribution in [0.5, 0.6) is 0 Å². The van der Waals surface area contributed by atoms with Gasteiger partial charge in [-0.2, -0.15) is 0 Å². The molecule has 1 N–H and O–H groups in total. The first-order chi connectivity index (χ1) is 7.06. The van der Waals surface area contributed by atoms with E-state index < -0.39 is 11.9 Å². The Kier molecular flexibility index (Phi) is 3.86. The maximum absolute atomic E-state index is 10.8. The normalized spacial score (nSPS) is 14.6. The lowest BCUT2D eigenvalue weighted by Gasteiger charge is -2.11. The maximum atomic E-state index is 10.8. The largest absolute Gasteiger partial charge is 0.481 e. The molecule has 0 bridgehead atoms. The second-order valence-corrected chi connectivity index (χ2v) is 3.60. The molecule has 1 aromatic carbocycles. The average molecular weight is 208 g/mol. The number of carbonyl (C=O) groups is 1. The molecule has 0 saturated carbocycles. The van der Waals surface area contributed by atoms with Gasteiger partial charge in [0.1, 0.15) is 0 Å². The minimum Gasteiger partial charge on any atom is -0.481 e. The second-order valence-electron chi connectivity index (χ2n) is 3.60. The summed E-state index contributed by atoms with van der Waals surface area (Å²) < 4.78 is 5.17. The summed E-state index contributed by atoms with van der Waals surface area (Å²) in [6.07, 6.45) is 0.0409. The Morgan fingerprint density at radius 2 is 1.67 bits per heavy atom. The lowest BCUT2D eigenvalue weighted by Crippen LogP contribution is -2.07. The van der Waals surface area contributed by atoms with Crippen LogP contribution in [0.3, 0.4) is 0 Å². The lowest BCUT2D eigenvalue weighted by molar-refractivity contribution is -0.138. The molecule has 0 saturated heterocycles. The van der Waals surface area contributed by atoms with Gasteiger partial charge in [0.25, 0.3) is 0 Å². The van der Waals surface area contributed by atoms with Crippen molar-refractivity contribution >= 4 is 5.97 Å². The first-order valence-corrected chi connectivity index (χ1v) is 4.91. The van der Waals surface area contributed by atoms with Gasteiger partial charge in [-0.1, -0.05) is 24.3 Å². The predicted octanol–water partition coefficient (Wildman–Crippen LogP) is 2.58. The molecule has 0 fully saturated rings. The third kappa shape index (κ3) is 2.80.